The van der Waals surface area contributed by atoms with E-state index in [0.29, 0.717) is 18.9 Å². The largest absolute Gasteiger partial charge is 0.381 e. The van der Waals surface area contributed by atoms with Crippen LogP contribution in [0.3, 0.4) is 0 Å². The predicted octanol–water partition coefficient (Wildman–Crippen LogP) is 1.99. The third kappa shape index (κ3) is 2.89. The quantitative estimate of drug-likeness (QED) is 0.871. The lowest BCUT2D eigenvalue weighted by atomic mass is 9.99. The Labute approximate surface area is 115 Å². The second kappa shape index (κ2) is 5.61. The summed E-state index contributed by atoms with van der Waals surface area (Å²) >= 11 is 0. The number of nitrogens with zero attached hydrogens (tertiary/aromatic N) is 1. The standard InChI is InChI=1S/C15H23N3O/c1-10(2)13(9-16)17-12-5-6-14-11(8-12)4-7-15(19)18(14)3/h5-6,8,10,13,17H,4,7,9,16H2,1-3H3. The van der Waals surface area contributed by atoms with Crippen molar-refractivity contribution in [3.05, 3.63) is 23.8 Å². The van der Waals surface area contributed by atoms with E-state index in [2.05, 4.69) is 25.2 Å². The van der Waals surface area contributed by atoms with Crippen LogP contribution >= 0.6 is 0 Å². The number of nitrogens with one attached hydrogen (secondary N) is 1. The highest BCUT2D eigenvalue weighted by atomic mass is 16.2. The molecule has 0 radical (unpaired) electrons. The number of amides is 1. The molecule has 0 aromatic heterocycles. The Morgan fingerprint density at radius 3 is 2.74 bits per heavy atom. The number of anilines is 2. The second-order valence-electron chi connectivity index (χ2n) is 5.53. The third-order valence-corrected chi connectivity index (χ3v) is 3.83. The van der Waals surface area contributed by atoms with Gasteiger partial charge in [0.1, 0.15) is 0 Å². The molecular formula is C15H23N3O. The van der Waals surface area contributed by atoms with Crippen molar-refractivity contribution in [2.75, 3.05) is 23.8 Å². The minimum Gasteiger partial charge on any atom is -0.381 e. The molecule has 1 aliphatic heterocycles. The van der Waals surface area contributed by atoms with E-state index in [9.17, 15) is 4.79 Å². The molecule has 19 heavy (non-hydrogen) atoms. The zero-order chi connectivity index (χ0) is 14.0. The molecule has 0 saturated carbocycles. The Morgan fingerprint density at radius 2 is 2.11 bits per heavy atom. The number of nitrogens with two attached hydrogens (primary N) is 1. The fourth-order valence-corrected chi connectivity index (χ4v) is 2.46. The van der Waals surface area contributed by atoms with Crippen molar-refractivity contribution >= 4 is 17.3 Å². The molecule has 0 bridgehead atoms. The summed E-state index contributed by atoms with van der Waals surface area (Å²) in [7, 11) is 1.84. The van der Waals surface area contributed by atoms with E-state index in [1.807, 2.05) is 19.2 Å². The SMILES string of the molecule is CC(C)C(CN)Nc1ccc2c(c1)CCC(=O)N2C. The molecule has 3 N–H and O–H groups in total. The van der Waals surface area contributed by atoms with Gasteiger partial charge in [0, 0.05) is 37.4 Å². The van der Waals surface area contributed by atoms with Gasteiger partial charge in [-0.05, 0) is 36.1 Å². The monoisotopic (exact) mass is 261 g/mol. The highest BCUT2D eigenvalue weighted by Gasteiger charge is 2.21. The number of fused-ring (bicyclic) bond motifs is 1. The van der Waals surface area contributed by atoms with Gasteiger partial charge in [0.05, 0.1) is 0 Å². The molecule has 0 saturated heterocycles. The average molecular weight is 261 g/mol. The summed E-state index contributed by atoms with van der Waals surface area (Å²) < 4.78 is 0. The first kappa shape index (κ1) is 13.9. The molecule has 4 nitrogen and oxygen atoms in total. The van der Waals surface area contributed by atoms with Gasteiger partial charge in [-0.15, -0.1) is 0 Å². The highest BCUT2D eigenvalue weighted by molar-refractivity contribution is 5.96. The molecule has 1 atom stereocenters. The first-order valence-electron chi connectivity index (χ1n) is 6.89. The minimum absolute atomic E-state index is 0.190. The number of benzene rings is 1. The molecule has 2 rings (SSSR count). The molecule has 4 heteroatoms. The molecule has 1 heterocycles. The van der Waals surface area contributed by atoms with Crippen molar-refractivity contribution in [3.8, 4) is 0 Å². The molecule has 104 valence electrons. The van der Waals surface area contributed by atoms with Gasteiger partial charge >= 0.3 is 0 Å². The van der Waals surface area contributed by atoms with E-state index in [4.69, 9.17) is 5.73 Å². The maximum Gasteiger partial charge on any atom is 0.227 e. The Hall–Kier alpha value is -1.55. The van der Waals surface area contributed by atoms with E-state index in [-0.39, 0.29) is 11.9 Å². The van der Waals surface area contributed by atoms with Crippen LogP contribution in [0.5, 0.6) is 0 Å². The molecule has 0 fully saturated rings. The van der Waals surface area contributed by atoms with Gasteiger partial charge in [0.2, 0.25) is 5.91 Å². The van der Waals surface area contributed by atoms with Crippen LogP contribution in [0.1, 0.15) is 25.8 Å². The Morgan fingerprint density at radius 1 is 1.37 bits per heavy atom. The van der Waals surface area contributed by atoms with Crippen LogP contribution in [0.25, 0.3) is 0 Å². The molecule has 1 unspecified atom stereocenters. The lowest BCUT2D eigenvalue weighted by molar-refractivity contribution is -0.118. The first-order chi connectivity index (χ1) is 9.02. The normalized spacial score (nSPS) is 16.5. The first-order valence-corrected chi connectivity index (χ1v) is 6.89. The average Bonchev–Trinajstić information content (AvgIpc) is 2.40. The number of carbonyl (C=O) groups is 1. The lowest BCUT2D eigenvalue weighted by Crippen LogP contribution is -2.34. The van der Waals surface area contributed by atoms with Gasteiger partial charge in [0.25, 0.3) is 0 Å². The maximum absolute atomic E-state index is 11.6. The summed E-state index contributed by atoms with van der Waals surface area (Å²) in [5.74, 6) is 0.681. The van der Waals surface area contributed by atoms with Crippen LogP contribution in [0.2, 0.25) is 0 Å². The van der Waals surface area contributed by atoms with E-state index in [0.717, 1.165) is 17.8 Å². The fraction of sp³-hybridized carbons (Fsp3) is 0.533. The van der Waals surface area contributed by atoms with Gasteiger partial charge in [-0.25, -0.2) is 0 Å². The lowest BCUT2D eigenvalue weighted by Gasteiger charge is -2.27. The molecule has 1 aromatic carbocycles. The third-order valence-electron chi connectivity index (χ3n) is 3.83. The Kier molecular flexibility index (Phi) is 4.10. The van der Waals surface area contributed by atoms with Crippen molar-refractivity contribution < 1.29 is 4.79 Å². The molecular weight excluding hydrogens is 238 g/mol. The van der Waals surface area contributed by atoms with E-state index in [1.165, 1.54) is 5.56 Å². The predicted molar refractivity (Wildman–Crippen MR) is 79.5 cm³/mol. The van der Waals surface area contributed by atoms with E-state index < -0.39 is 0 Å². The smallest absolute Gasteiger partial charge is 0.227 e. The molecule has 0 aliphatic carbocycles. The Bertz CT molecular complexity index is 470. The summed E-state index contributed by atoms with van der Waals surface area (Å²) in [6, 6.07) is 6.46. The minimum atomic E-state index is 0.190. The zero-order valence-electron chi connectivity index (χ0n) is 11.9. The van der Waals surface area contributed by atoms with Crippen molar-refractivity contribution in [1.29, 1.82) is 0 Å². The number of rotatable bonds is 4. The van der Waals surface area contributed by atoms with Gasteiger partial charge in [-0.1, -0.05) is 13.8 Å². The number of hydrogen-bond donors (Lipinski definition) is 2. The number of carbonyl (C=O) groups excluding carboxylic acids is 1. The van der Waals surface area contributed by atoms with Gasteiger partial charge < -0.3 is 16.0 Å². The van der Waals surface area contributed by atoms with Crippen LogP contribution in [-0.2, 0) is 11.2 Å². The summed E-state index contributed by atoms with van der Waals surface area (Å²) in [4.78, 5) is 13.4. The van der Waals surface area contributed by atoms with Crippen molar-refractivity contribution in [1.82, 2.24) is 0 Å². The van der Waals surface area contributed by atoms with Gasteiger partial charge in [0.15, 0.2) is 0 Å². The fourth-order valence-electron chi connectivity index (χ4n) is 2.46. The van der Waals surface area contributed by atoms with Crippen LogP contribution in [0.15, 0.2) is 18.2 Å². The van der Waals surface area contributed by atoms with Crippen LogP contribution < -0.4 is 16.0 Å². The summed E-state index contributed by atoms with van der Waals surface area (Å²) in [6.07, 6.45) is 1.42. The zero-order valence-corrected chi connectivity index (χ0v) is 11.9. The molecule has 1 aliphatic rings. The van der Waals surface area contributed by atoms with Gasteiger partial charge in [-0.2, -0.15) is 0 Å². The maximum atomic E-state index is 11.6. The topological polar surface area (TPSA) is 58.4 Å². The summed E-state index contributed by atoms with van der Waals surface area (Å²) in [5.41, 5.74) is 9.12. The van der Waals surface area contributed by atoms with Crippen LogP contribution in [0.4, 0.5) is 11.4 Å². The molecule has 1 amide bonds. The summed E-state index contributed by atoms with van der Waals surface area (Å²) in [5, 5.41) is 3.48. The van der Waals surface area contributed by atoms with Crippen molar-refractivity contribution in [3.63, 3.8) is 0 Å². The second-order valence-corrected chi connectivity index (χ2v) is 5.53. The Balaban J connectivity index is 2.20. The molecule has 1 aromatic rings. The number of aryl methyl sites for hydroxylation is 1. The van der Waals surface area contributed by atoms with Crippen LogP contribution in [-0.4, -0.2) is 25.5 Å². The summed E-state index contributed by atoms with van der Waals surface area (Å²) in [6.45, 7) is 4.94. The highest BCUT2D eigenvalue weighted by Crippen LogP contribution is 2.29. The van der Waals surface area contributed by atoms with E-state index >= 15 is 0 Å². The van der Waals surface area contributed by atoms with Gasteiger partial charge in [-0.3, -0.25) is 4.79 Å². The van der Waals surface area contributed by atoms with Crippen molar-refractivity contribution in [2.24, 2.45) is 11.7 Å². The van der Waals surface area contributed by atoms with Crippen LogP contribution in [0, 0.1) is 5.92 Å². The number of hydrogen-bond acceptors (Lipinski definition) is 3. The molecule has 0 spiro atoms. The van der Waals surface area contributed by atoms with Crippen molar-refractivity contribution in [2.45, 2.75) is 32.7 Å². The van der Waals surface area contributed by atoms with E-state index in [1.54, 1.807) is 4.90 Å².